The summed E-state index contributed by atoms with van der Waals surface area (Å²) in [5.74, 6) is -0.499. The quantitative estimate of drug-likeness (QED) is 0.431. The van der Waals surface area contributed by atoms with Crippen molar-refractivity contribution >= 4 is 52.3 Å². The van der Waals surface area contributed by atoms with Crippen LogP contribution in [0.2, 0.25) is 10.0 Å². The molecule has 3 aliphatic rings. The van der Waals surface area contributed by atoms with Crippen molar-refractivity contribution in [1.82, 2.24) is 0 Å². The molecule has 0 aromatic heterocycles. The molecule has 3 aromatic carbocycles. The first-order chi connectivity index (χ1) is 16.9. The Bertz CT molecular complexity index is 1360. The van der Waals surface area contributed by atoms with Gasteiger partial charge >= 0.3 is 0 Å². The van der Waals surface area contributed by atoms with E-state index in [4.69, 9.17) is 23.2 Å². The SMILES string of the molecule is O=C(Nc1ccc(Cl)c(Cl)c1)c1cccc(N2C(=O)[C@@H]3[C@@H]4C[C@@H]([C@H]3C2=O)[C@H](c2ccccc2)C4)c1. The van der Waals surface area contributed by atoms with Crippen molar-refractivity contribution in [2.75, 3.05) is 10.2 Å². The summed E-state index contributed by atoms with van der Waals surface area (Å²) in [4.78, 5) is 41.2. The molecule has 3 aromatic rings. The largest absolute Gasteiger partial charge is 0.322 e. The Morgan fingerprint density at radius 1 is 0.829 bits per heavy atom. The number of halogens is 2. The first-order valence-electron chi connectivity index (χ1n) is 11.7. The molecule has 7 heteroatoms. The van der Waals surface area contributed by atoms with Gasteiger partial charge in [0.25, 0.3) is 5.91 Å². The number of nitrogens with one attached hydrogen (secondary N) is 1. The number of fused-ring (bicyclic) bond motifs is 5. The molecule has 6 rings (SSSR count). The number of anilines is 2. The van der Waals surface area contributed by atoms with E-state index in [1.165, 1.54) is 10.5 Å². The summed E-state index contributed by atoms with van der Waals surface area (Å²) >= 11 is 12.0. The summed E-state index contributed by atoms with van der Waals surface area (Å²) in [5.41, 5.74) is 2.53. The van der Waals surface area contributed by atoms with Crippen molar-refractivity contribution < 1.29 is 14.4 Å². The molecule has 176 valence electrons. The summed E-state index contributed by atoms with van der Waals surface area (Å²) in [5, 5.41) is 3.51. The summed E-state index contributed by atoms with van der Waals surface area (Å²) < 4.78 is 0. The fraction of sp³-hybridized carbons (Fsp3) is 0.250. The molecule has 0 radical (unpaired) electrons. The summed E-state index contributed by atoms with van der Waals surface area (Å²) in [7, 11) is 0. The molecule has 5 nitrogen and oxygen atoms in total. The molecule has 2 aliphatic carbocycles. The maximum atomic E-state index is 13.6. The minimum atomic E-state index is -0.367. The minimum absolute atomic E-state index is 0.138. The lowest BCUT2D eigenvalue weighted by molar-refractivity contribution is -0.123. The molecule has 3 amide bonds. The molecule has 1 heterocycles. The molecule has 3 fully saturated rings. The summed E-state index contributed by atoms with van der Waals surface area (Å²) in [6.45, 7) is 0. The fourth-order valence-electron chi connectivity index (χ4n) is 6.36. The van der Waals surface area contributed by atoms with Crippen molar-refractivity contribution in [3.63, 3.8) is 0 Å². The van der Waals surface area contributed by atoms with Crippen molar-refractivity contribution in [3.05, 3.63) is 94.0 Å². The predicted molar refractivity (Wildman–Crippen MR) is 136 cm³/mol. The number of carbonyl (C=O) groups is 3. The standard InChI is InChI=1S/C28H22Cl2N2O3/c29-22-10-9-18(14-23(22)30)31-26(33)16-7-4-8-19(11-16)32-27(34)24-17-12-20(15-5-2-1-3-6-15)21(13-17)25(24)28(32)35/h1-11,14,17,20-21,24-25H,12-13H2,(H,31,33)/t17-,20-,21+,24+,25+/m0/s1. The van der Waals surface area contributed by atoms with E-state index in [1.54, 1.807) is 42.5 Å². The van der Waals surface area contributed by atoms with Gasteiger partial charge in [0.15, 0.2) is 0 Å². The van der Waals surface area contributed by atoms with Gasteiger partial charge in [0, 0.05) is 11.3 Å². The third kappa shape index (κ3) is 3.65. The van der Waals surface area contributed by atoms with Gasteiger partial charge in [-0.25, -0.2) is 0 Å². The van der Waals surface area contributed by atoms with Gasteiger partial charge in [-0.2, -0.15) is 0 Å². The van der Waals surface area contributed by atoms with E-state index >= 15 is 0 Å². The second-order valence-electron chi connectivity index (χ2n) is 9.61. The summed E-state index contributed by atoms with van der Waals surface area (Å²) in [6, 6.07) is 21.8. The molecule has 2 bridgehead atoms. The van der Waals surface area contributed by atoms with Crippen LogP contribution in [0.4, 0.5) is 11.4 Å². The number of imide groups is 1. The van der Waals surface area contributed by atoms with Crippen LogP contribution in [0.25, 0.3) is 0 Å². The van der Waals surface area contributed by atoms with Crippen LogP contribution in [0.1, 0.15) is 34.7 Å². The zero-order valence-electron chi connectivity index (χ0n) is 18.7. The first-order valence-corrected chi connectivity index (χ1v) is 12.5. The number of benzene rings is 3. The van der Waals surface area contributed by atoms with Crippen molar-refractivity contribution in [2.24, 2.45) is 23.7 Å². The van der Waals surface area contributed by atoms with Gasteiger partial charge in [-0.3, -0.25) is 19.3 Å². The maximum absolute atomic E-state index is 13.6. The number of hydrogen-bond donors (Lipinski definition) is 1. The lowest BCUT2D eigenvalue weighted by atomic mass is 9.73. The molecule has 1 N–H and O–H groups in total. The van der Waals surface area contributed by atoms with Gasteiger partial charge in [-0.1, -0.05) is 59.6 Å². The molecule has 2 saturated carbocycles. The Labute approximate surface area is 213 Å². The highest BCUT2D eigenvalue weighted by atomic mass is 35.5. The molecule has 1 saturated heterocycles. The van der Waals surface area contributed by atoms with Crippen LogP contribution in [0.5, 0.6) is 0 Å². The van der Waals surface area contributed by atoms with E-state index in [0.29, 0.717) is 32.9 Å². The topological polar surface area (TPSA) is 66.5 Å². The molecular weight excluding hydrogens is 483 g/mol. The Morgan fingerprint density at radius 3 is 2.37 bits per heavy atom. The number of nitrogens with zero attached hydrogens (tertiary/aromatic N) is 1. The smallest absolute Gasteiger partial charge is 0.255 e. The number of amides is 3. The van der Waals surface area contributed by atoms with E-state index in [0.717, 1.165) is 12.8 Å². The third-order valence-electron chi connectivity index (χ3n) is 7.79. The molecular formula is C28H22Cl2N2O3. The van der Waals surface area contributed by atoms with Crippen molar-refractivity contribution in [3.8, 4) is 0 Å². The van der Waals surface area contributed by atoms with Gasteiger partial charge < -0.3 is 5.32 Å². The van der Waals surface area contributed by atoms with Gasteiger partial charge in [0.05, 0.1) is 27.6 Å². The predicted octanol–water partition coefficient (Wildman–Crippen LogP) is 6.17. The molecule has 0 spiro atoms. The van der Waals surface area contributed by atoms with Gasteiger partial charge in [0.1, 0.15) is 0 Å². The van der Waals surface area contributed by atoms with E-state index in [2.05, 4.69) is 17.4 Å². The van der Waals surface area contributed by atoms with Crippen LogP contribution in [-0.2, 0) is 9.59 Å². The lowest BCUT2D eigenvalue weighted by Crippen LogP contribution is -2.33. The average Bonchev–Trinajstić information content (AvgIpc) is 3.53. The average molecular weight is 505 g/mol. The number of carbonyl (C=O) groups excluding carboxylic acids is 3. The lowest BCUT2D eigenvalue weighted by Gasteiger charge is -2.28. The van der Waals surface area contributed by atoms with Crippen molar-refractivity contribution in [1.29, 1.82) is 0 Å². The van der Waals surface area contributed by atoms with Crippen LogP contribution in [0.3, 0.4) is 0 Å². The van der Waals surface area contributed by atoms with Crippen LogP contribution >= 0.6 is 23.2 Å². The highest BCUT2D eigenvalue weighted by Gasteiger charge is 2.64. The molecule has 1 aliphatic heterocycles. The van der Waals surface area contributed by atoms with Crippen LogP contribution in [0, 0.1) is 23.7 Å². The second-order valence-corrected chi connectivity index (χ2v) is 10.4. The van der Waals surface area contributed by atoms with Gasteiger partial charge in [0.2, 0.25) is 11.8 Å². The van der Waals surface area contributed by atoms with Gasteiger partial charge in [-0.05, 0) is 72.6 Å². The molecule has 0 unspecified atom stereocenters. The normalized spacial score (nSPS) is 26.8. The number of rotatable bonds is 4. The van der Waals surface area contributed by atoms with E-state index in [-0.39, 0.29) is 41.4 Å². The van der Waals surface area contributed by atoms with Crippen LogP contribution < -0.4 is 10.2 Å². The van der Waals surface area contributed by atoms with E-state index in [1.807, 2.05) is 18.2 Å². The highest BCUT2D eigenvalue weighted by Crippen LogP contribution is 2.61. The molecule has 5 atom stereocenters. The number of hydrogen-bond acceptors (Lipinski definition) is 3. The molecule has 35 heavy (non-hydrogen) atoms. The zero-order valence-corrected chi connectivity index (χ0v) is 20.2. The van der Waals surface area contributed by atoms with Crippen molar-refractivity contribution in [2.45, 2.75) is 18.8 Å². The van der Waals surface area contributed by atoms with Crippen LogP contribution in [-0.4, -0.2) is 17.7 Å². The van der Waals surface area contributed by atoms with E-state index < -0.39 is 0 Å². The summed E-state index contributed by atoms with van der Waals surface area (Å²) in [6.07, 6.45) is 1.86. The minimum Gasteiger partial charge on any atom is -0.322 e. The second kappa shape index (κ2) is 8.51. The Balaban J connectivity index is 1.25. The van der Waals surface area contributed by atoms with Crippen LogP contribution in [0.15, 0.2) is 72.8 Å². The first kappa shape index (κ1) is 22.3. The zero-order chi connectivity index (χ0) is 24.3. The Kier molecular flexibility index (Phi) is 5.42. The highest BCUT2D eigenvalue weighted by molar-refractivity contribution is 6.42. The van der Waals surface area contributed by atoms with Gasteiger partial charge in [-0.15, -0.1) is 0 Å². The Hall–Kier alpha value is -3.15. The maximum Gasteiger partial charge on any atom is 0.255 e. The fourth-order valence-corrected chi connectivity index (χ4v) is 6.66. The van der Waals surface area contributed by atoms with E-state index in [9.17, 15) is 14.4 Å². The third-order valence-corrected chi connectivity index (χ3v) is 8.53. The Morgan fingerprint density at radius 2 is 1.60 bits per heavy atom. The monoisotopic (exact) mass is 504 g/mol.